The maximum atomic E-state index is 14.3. The number of hydrogen-bond acceptors (Lipinski definition) is 6. The zero-order valence-electron chi connectivity index (χ0n) is 17.0. The van der Waals surface area contributed by atoms with Crippen LogP contribution in [0.1, 0.15) is 17.2 Å². The van der Waals surface area contributed by atoms with Gasteiger partial charge < -0.3 is 9.53 Å². The Morgan fingerprint density at radius 3 is 2.82 bits per heavy atom. The molecular formula is C23H16F3N5O2. The number of aldehydes is 1. The lowest BCUT2D eigenvalue weighted by Gasteiger charge is -2.10. The standard InChI is InChI=1S/C23H16F3N5O2/c24-14-6-13(7-16(8-14)33-23(25)26)21-9-19(30-31(21)15-2-1-4-27-10-15)22-18-11-29-20(12-32)17(18)3-5-28-22/h1-10,12,20,23,29H,11H2. The summed E-state index contributed by atoms with van der Waals surface area (Å²) in [5.74, 6) is -1.04. The van der Waals surface area contributed by atoms with Gasteiger partial charge in [0.15, 0.2) is 0 Å². The van der Waals surface area contributed by atoms with Gasteiger partial charge in [0.05, 0.1) is 29.3 Å². The summed E-state index contributed by atoms with van der Waals surface area (Å²) in [7, 11) is 0. The van der Waals surface area contributed by atoms with Gasteiger partial charge in [0.2, 0.25) is 0 Å². The molecule has 33 heavy (non-hydrogen) atoms. The summed E-state index contributed by atoms with van der Waals surface area (Å²) in [6.07, 6.45) is 5.59. The van der Waals surface area contributed by atoms with Gasteiger partial charge in [-0.05, 0) is 47.5 Å². The number of halogens is 3. The van der Waals surface area contributed by atoms with Crippen LogP contribution < -0.4 is 10.1 Å². The van der Waals surface area contributed by atoms with Crippen LogP contribution >= 0.6 is 0 Å². The van der Waals surface area contributed by atoms with Crippen molar-refractivity contribution in [2.45, 2.75) is 19.2 Å². The maximum Gasteiger partial charge on any atom is 0.387 e. The fourth-order valence-electron chi connectivity index (χ4n) is 3.91. The number of pyridine rings is 2. The number of nitrogens with zero attached hydrogens (tertiary/aromatic N) is 4. The van der Waals surface area contributed by atoms with Gasteiger partial charge in [0.25, 0.3) is 0 Å². The topological polar surface area (TPSA) is 81.9 Å². The van der Waals surface area contributed by atoms with Crippen molar-refractivity contribution in [3.8, 4) is 34.1 Å². The molecule has 4 aromatic rings. The van der Waals surface area contributed by atoms with Crippen molar-refractivity contribution in [2.75, 3.05) is 0 Å². The molecule has 166 valence electrons. The minimum atomic E-state index is -3.09. The Hall–Kier alpha value is -4.05. The molecule has 1 aliphatic heterocycles. The van der Waals surface area contributed by atoms with Gasteiger partial charge in [0, 0.05) is 30.6 Å². The van der Waals surface area contributed by atoms with E-state index >= 15 is 0 Å². The van der Waals surface area contributed by atoms with Gasteiger partial charge in [0.1, 0.15) is 23.5 Å². The minimum Gasteiger partial charge on any atom is -0.435 e. The van der Waals surface area contributed by atoms with E-state index in [0.717, 1.165) is 23.5 Å². The zero-order chi connectivity index (χ0) is 22.9. The summed E-state index contributed by atoms with van der Waals surface area (Å²) in [4.78, 5) is 19.9. The van der Waals surface area contributed by atoms with Crippen LogP contribution in [0.4, 0.5) is 13.2 Å². The third-order valence-electron chi connectivity index (χ3n) is 5.30. The molecule has 1 unspecified atom stereocenters. The average molecular weight is 451 g/mol. The van der Waals surface area contributed by atoms with E-state index in [2.05, 4.69) is 25.1 Å². The van der Waals surface area contributed by atoms with Crippen molar-refractivity contribution < 1.29 is 22.7 Å². The summed E-state index contributed by atoms with van der Waals surface area (Å²) in [6, 6.07) is 9.92. The van der Waals surface area contributed by atoms with Crippen LogP contribution in [0.5, 0.6) is 5.75 Å². The van der Waals surface area contributed by atoms with Crippen LogP contribution in [-0.4, -0.2) is 32.6 Å². The smallest absolute Gasteiger partial charge is 0.387 e. The maximum absolute atomic E-state index is 14.3. The first kappa shape index (κ1) is 20.8. The molecule has 4 heterocycles. The number of fused-ring (bicyclic) bond motifs is 1. The van der Waals surface area contributed by atoms with Gasteiger partial charge in [-0.3, -0.25) is 15.3 Å². The summed E-state index contributed by atoms with van der Waals surface area (Å²) in [5.41, 5.74) is 3.96. The predicted octanol–water partition coefficient (Wildman–Crippen LogP) is 4.08. The molecule has 7 nitrogen and oxygen atoms in total. The Labute approximate surface area is 185 Å². The molecule has 1 aromatic carbocycles. The van der Waals surface area contributed by atoms with Crippen LogP contribution in [0.2, 0.25) is 0 Å². The van der Waals surface area contributed by atoms with E-state index < -0.39 is 18.5 Å². The molecule has 0 bridgehead atoms. The first-order chi connectivity index (χ1) is 16.0. The number of nitrogens with one attached hydrogen (secondary N) is 1. The fourth-order valence-corrected chi connectivity index (χ4v) is 3.91. The first-order valence-electron chi connectivity index (χ1n) is 9.96. The second kappa shape index (κ2) is 8.47. The molecule has 1 N–H and O–H groups in total. The van der Waals surface area contributed by atoms with E-state index in [9.17, 15) is 18.0 Å². The molecule has 0 amide bonds. The van der Waals surface area contributed by atoms with Gasteiger partial charge in [-0.2, -0.15) is 13.9 Å². The van der Waals surface area contributed by atoms with Crippen LogP contribution in [0.3, 0.4) is 0 Å². The molecule has 0 saturated carbocycles. The third kappa shape index (κ3) is 3.96. The Kier molecular flexibility index (Phi) is 5.35. The summed E-state index contributed by atoms with van der Waals surface area (Å²) >= 11 is 0. The monoisotopic (exact) mass is 451 g/mol. The van der Waals surface area contributed by atoms with Crippen LogP contribution in [0, 0.1) is 5.82 Å². The number of benzene rings is 1. The van der Waals surface area contributed by atoms with E-state index in [0.29, 0.717) is 29.3 Å². The average Bonchev–Trinajstić information content (AvgIpc) is 3.43. The largest absolute Gasteiger partial charge is 0.435 e. The highest BCUT2D eigenvalue weighted by molar-refractivity contribution is 5.74. The predicted molar refractivity (Wildman–Crippen MR) is 112 cm³/mol. The molecule has 5 rings (SSSR count). The normalized spacial score (nSPS) is 15.0. The Balaban J connectivity index is 1.69. The lowest BCUT2D eigenvalue weighted by molar-refractivity contribution is -0.109. The molecule has 0 spiro atoms. The van der Waals surface area contributed by atoms with Crippen LogP contribution in [0.25, 0.3) is 28.3 Å². The molecular weight excluding hydrogens is 435 g/mol. The van der Waals surface area contributed by atoms with Crippen molar-refractivity contribution in [3.05, 3.63) is 78.0 Å². The lowest BCUT2D eigenvalue weighted by atomic mass is 10.0. The molecule has 0 aliphatic carbocycles. The van der Waals surface area contributed by atoms with E-state index in [-0.39, 0.29) is 11.3 Å². The van der Waals surface area contributed by atoms with E-state index in [1.54, 1.807) is 42.9 Å². The van der Waals surface area contributed by atoms with Crippen LogP contribution in [-0.2, 0) is 11.3 Å². The number of aromatic nitrogens is 4. The highest BCUT2D eigenvalue weighted by atomic mass is 19.3. The zero-order valence-corrected chi connectivity index (χ0v) is 17.0. The summed E-state index contributed by atoms with van der Waals surface area (Å²) < 4.78 is 45.7. The molecule has 0 saturated heterocycles. The first-order valence-corrected chi connectivity index (χ1v) is 9.96. The molecule has 0 fully saturated rings. The molecule has 1 aliphatic rings. The molecule has 10 heteroatoms. The Bertz CT molecular complexity index is 1330. The molecule has 1 atom stereocenters. The van der Waals surface area contributed by atoms with Gasteiger partial charge in [-0.1, -0.05) is 0 Å². The number of hydrogen-bond donors (Lipinski definition) is 1. The SMILES string of the molecule is O=CC1NCc2c1ccnc2-c1cc(-c2cc(F)cc(OC(F)F)c2)n(-c2cccnc2)n1. The number of carbonyl (C=O) groups is 1. The summed E-state index contributed by atoms with van der Waals surface area (Å²) in [5, 5.41) is 7.77. The van der Waals surface area contributed by atoms with Gasteiger partial charge in [-0.15, -0.1) is 0 Å². The molecule has 3 aromatic heterocycles. The highest BCUT2D eigenvalue weighted by Gasteiger charge is 2.26. The number of carbonyl (C=O) groups excluding carboxylic acids is 1. The molecule has 0 radical (unpaired) electrons. The number of rotatable bonds is 6. The van der Waals surface area contributed by atoms with Crippen molar-refractivity contribution in [2.24, 2.45) is 0 Å². The van der Waals surface area contributed by atoms with E-state index in [1.165, 1.54) is 16.8 Å². The quantitative estimate of drug-likeness (QED) is 0.445. The minimum absolute atomic E-state index is 0.282. The van der Waals surface area contributed by atoms with Crippen molar-refractivity contribution in [3.63, 3.8) is 0 Å². The van der Waals surface area contributed by atoms with E-state index in [1.807, 2.05) is 0 Å². The Morgan fingerprint density at radius 2 is 2.06 bits per heavy atom. The van der Waals surface area contributed by atoms with E-state index in [4.69, 9.17) is 0 Å². The number of alkyl halides is 2. The van der Waals surface area contributed by atoms with Crippen molar-refractivity contribution in [1.82, 2.24) is 25.1 Å². The Morgan fingerprint density at radius 1 is 1.18 bits per heavy atom. The highest BCUT2D eigenvalue weighted by Crippen LogP contribution is 2.35. The fraction of sp³-hybridized carbons (Fsp3) is 0.130. The van der Waals surface area contributed by atoms with Crippen molar-refractivity contribution in [1.29, 1.82) is 0 Å². The number of ether oxygens (including phenoxy) is 1. The van der Waals surface area contributed by atoms with Crippen LogP contribution in [0.15, 0.2) is 61.1 Å². The second-order valence-electron chi connectivity index (χ2n) is 7.31. The summed E-state index contributed by atoms with van der Waals surface area (Å²) in [6.45, 7) is -2.66. The third-order valence-corrected chi connectivity index (χ3v) is 5.30. The second-order valence-corrected chi connectivity index (χ2v) is 7.31. The van der Waals surface area contributed by atoms with Crippen molar-refractivity contribution >= 4 is 6.29 Å². The lowest BCUT2D eigenvalue weighted by Crippen LogP contribution is -2.12. The van der Waals surface area contributed by atoms with Gasteiger partial charge >= 0.3 is 6.61 Å². The van der Waals surface area contributed by atoms with Gasteiger partial charge in [-0.25, -0.2) is 9.07 Å².